The summed E-state index contributed by atoms with van der Waals surface area (Å²) in [6.45, 7) is 6.13. The van der Waals surface area contributed by atoms with Crippen molar-refractivity contribution in [2.24, 2.45) is 11.8 Å². The van der Waals surface area contributed by atoms with Gasteiger partial charge in [-0.15, -0.1) is 5.10 Å². The Labute approximate surface area is 229 Å². The van der Waals surface area contributed by atoms with Gasteiger partial charge in [-0.2, -0.15) is 4.98 Å². The third-order valence-corrected chi connectivity index (χ3v) is 8.29. The monoisotopic (exact) mass is 534 g/mol. The zero-order valence-corrected chi connectivity index (χ0v) is 23.1. The normalized spacial score (nSPS) is 22.0. The summed E-state index contributed by atoms with van der Waals surface area (Å²) in [7, 11) is 0. The number of fused-ring (bicyclic) bond motifs is 1. The molecule has 208 valence electrons. The highest BCUT2D eigenvalue weighted by Gasteiger charge is 2.51. The van der Waals surface area contributed by atoms with Crippen LogP contribution in [0.4, 0.5) is 0 Å². The Morgan fingerprint density at radius 3 is 2.67 bits per heavy atom. The molecule has 2 unspecified atom stereocenters. The van der Waals surface area contributed by atoms with Crippen LogP contribution in [0.3, 0.4) is 0 Å². The van der Waals surface area contributed by atoms with E-state index in [1.54, 1.807) is 4.52 Å². The molecule has 9 nitrogen and oxygen atoms in total. The number of ketones is 1. The Morgan fingerprint density at radius 2 is 1.95 bits per heavy atom. The van der Waals surface area contributed by atoms with E-state index in [0.29, 0.717) is 24.4 Å². The van der Waals surface area contributed by atoms with E-state index in [1.807, 2.05) is 32.0 Å². The van der Waals surface area contributed by atoms with Crippen LogP contribution in [0.15, 0.2) is 24.3 Å². The van der Waals surface area contributed by atoms with E-state index < -0.39 is 17.5 Å². The second-order valence-electron chi connectivity index (χ2n) is 11.0. The summed E-state index contributed by atoms with van der Waals surface area (Å²) in [6, 6.07) is 8.01. The number of aliphatic hydroxyl groups is 1. The summed E-state index contributed by atoms with van der Waals surface area (Å²) >= 11 is 0. The lowest BCUT2D eigenvalue weighted by Crippen LogP contribution is -2.52. The molecule has 3 aromatic rings. The lowest BCUT2D eigenvalue weighted by atomic mass is 9.73. The van der Waals surface area contributed by atoms with Gasteiger partial charge in [0, 0.05) is 24.2 Å². The predicted octanol–water partition coefficient (Wildman–Crippen LogP) is 3.91. The number of aliphatic hydroxyl groups excluding tert-OH is 1. The third-order valence-electron chi connectivity index (χ3n) is 8.29. The van der Waals surface area contributed by atoms with Gasteiger partial charge >= 0.3 is 5.97 Å². The van der Waals surface area contributed by atoms with Crippen LogP contribution in [-0.4, -0.2) is 55.3 Å². The van der Waals surface area contributed by atoms with Gasteiger partial charge in [0.15, 0.2) is 11.6 Å². The van der Waals surface area contributed by atoms with Crippen LogP contribution in [0.2, 0.25) is 0 Å². The molecular weight excluding hydrogens is 496 g/mol. The van der Waals surface area contributed by atoms with Gasteiger partial charge < -0.3 is 14.6 Å². The summed E-state index contributed by atoms with van der Waals surface area (Å²) in [5.74, 6) is 0.429. The molecule has 1 N–H and O–H groups in total. The molecule has 1 saturated carbocycles. The summed E-state index contributed by atoms with van der Waals surface area (Å²) in [4.78, 5) is 35.9. The van der Waals surface area contributed by atoms with Crippen LogP contribution in [0.25, 0.3) is 5.78 Å². The van der Waals surface area contributed by atoms with Crippen LogP contribution in [0, 0.1) is 25.7 Å². The average Bonchev–Trinajstić information content (AvgIpc) is 3.59. The van der Waals surface area contributed by atoms with Gasteiger partial charge in [0.1, 0.15) is 23.9 Å². The highest BCUT2D eigenvalue weighted by molar-refractivity contribution is 6.01. The summed E-state index contributed by atoms with van der Waals surface area (Å²) in [6.07, 6.45) is 6.60. The van der Waals surface area contributed by atoms with Gasteiger partial charge in [-0.1, -0.05) is 31.9 Å². The minimum atomic E-state index is -0.895. The maximum Gasteiger partial charge on any atom is 0.317 e. The number of cyclic esters (lactones) is 1. The molecule has 2 aromatic heterocycles. The molecule has 5 rings (SSSR count). The molecule has 2 fully saturated rings. The fourth-order valence-corrected chi connectivity index (χ4v) is 6.27. The van der Waals surface area contributed by atoms with Crippen molar-refractivity contribution in [3.8, 4) is 5.75 Å². The molecule has 0 amide bonds. The molecule has 2 aliphatic rings. The van der Waals surface area contributed by atoms with E-state index in [0.717, 1.165) is 60.4 Å². The summed E-state index contributed by atoms with van der Waals surface area (Å²) < 4.78 is 13.6. The van der Waals surface area contributed by atoms with Crippen molar-refractivity contribution >= 4 is 17.5 Å². The first-order valence-corrected chi connectivity index (χ1v) is 14.1. The molecule has 1 saturated heterocycles. The van der Waals surface area contributed by atoms with Gasteiger partial charge in [0.2, 0.25) is 0 Å². The second kappa shape index (κ2) is 11.4. The molecule has 1 aromatic carbocycles. The van der Waals surface area contributed by atoms with E-state index in [4.69, 9.17) is 14.6 Å². The molecule has 1 aliphatic carbocycles. The number of ether oxygens (including phenoxy) is 2. The standard InChI is InChI=1S/C30H38N4O5/c1-4-22-16-21(9-10-26(22)38-14-13-35)11-12-30(23-7-5-6-8-23)18-25(36)24(28(37)39-30)17-27-32-29-31-19(2)15-20(3)34(29)33-27/h9-10,15-16,23-24,35H,4-8,11-14,17-18H2,1-3H3. The van der Waals surface area contributed by atoms with E-state index in [1.165, 1.54) is 0 Å². The fraction of sp³-hybridized carbons (Fsp3) is 0.567. The average molecular weight is 535 g/mol. The Kier molecular flexibility index (Phi) is 7.98. The number of nitrogens with zero attached hydrogens (tertiary/aromatic N) is 4. The minimum Gasteiger partial charge on any atom is -0.491 e. The first kappa shape index (κ1) is 27.2. The van der Waals surface area contributed by atoms with Crippen LogP contribution < -0.4 is 4.74 Å². The quantitative estimate of drug-likeness (QED) is 0.307. The summed E-state index contributed by atoms with van der Waals surface area (Å²) in [5.41, 5.74) is 3.16. The third kappa shape index (κ3) is 5.69. The van der Waals surface area contributed by atoms with E-state index in [-0.39, 0.29) is 37.8 Å². The molecule has 3 heterocycles. The Morgan fingerprint density at radius 1 is 1.15 bits per heavy atom. The van der Waals surface area contributed by atoms with Crippen molar-refractivity contribution in [1.29, 1.82) is 0 Å². The second-order valence-corrected chi connectivity index (χ2v) is 11.0. The SMILES string of the molecule is CCc1cc(CCC2(C3CCCC3)CC(=O)C(Cc3nc4nc(C)cc(C)n4n3)C(=O)O2)ccc1OCCO. The predicted molar refractivity (Wildman–Crippen MR) is 145 cm³/mol. The Bertz CT molecular complexity index is 1340. The number of aryl methyl sites for hydroxylation is 4. The van der Waals surface area contributed by atoms with E-state index in [9.17, 15) is 9.59 Å². The largest absolute Gasteiger partial charge is 0.491 e. The maximum absolute atomic E-state index is 13.6. The van der Waals surface area contributed by atoms with Crippen molar-refractivity contribution in [3.05, 3.63) is 52.6 Å². The Hall–Kier alpha value is -3.33. The van der Waals surface area contributed by atoms with Crippen molar-refractivity contribution in [2.45, 2.75) is 84.2 Å². The van der Waals surface area contributed by atoms with Crippen LogP contribution in [-0.2, 0) is 33.6 Å². The Balaban J connectivity index is 1.33. The number of aromatic nitrogens is 4. The highest BCUT2D eigenvalue weighted by atomic mass is 16.6. The van der Waals surface area contributed by atoms with Crippen molar-refractivity contribution in [1.82, 2.24) is 19.6 Å². The van der Waals surface area contributed by atoms with Crippen molar-refractivity contribution in [3.63, 3.8) is 0 Å². The molecule has 39 heavy (non-hydrogen) atoms. The van der Waals surface area contributed by atoms with Gasteiger partial charge in [-0.25, -0.2) is 9.50 Å². The molecule has 0 radical (unpaired) electrons. The molecular formula is C30H38N4O5. The highest BCUT2D eigenvalue weighted by Crippen LogP contribution is 2.45. The number of hydrogen-bond donors (Lipinski definition) is 1. The summed E-state index contributed by atoms with van der Waals surface area (Å²) in [5, 5.41) is 13.6. The minimum absolute atomic E-state index is 0.0291. The smallest absolute Gasteiger partial charge is 0.317 e. The topological polar surface area (TPSA) is 116 Å². The number of hydrogen-bond acceptors (Lipinski definition) is 8. The number of carbonyl (C=O) groups excluding carboxylic acids is 2. The number of benzene rings is 1. The molecule has 0 spiro atoms. The molecule has 1 aliphatic heterocycles. The van der Waals surface area contributed by atoms with Gasteiger partial charge in [-0.05, 0) is 75.1 Å². The van der Waals surface area contributed by atoms with Gasteiger partial charge in [-0.3, -0.25) is 9.59 Å². The molecule has 2 atom stereocenters. The molecule has 0 bridgehead atoms. The van der Waals surface area contributed by atoms with E-state index in [2.05, 4.69) is 28.1 Å². The lowest BCUT2D eigenvalue weighted by Gasteiger charge is -2.43. The number of Topliss-reactive ketones (excluding diaryl/α,β-unsaturated/α-hetero) is 1. The lowest BCUT2D eigenvalue weighted by molar-refractivity contribution is -0.185. The van der Waals surface area contributed by atoms with E-state index >= 15 is 0 Å². The number of carbonyl (C=O) groups is 2. The molecule has 9 heteroatoms. The zero-order chi connectivity index (χ0) is 27.6. The van der Waals surface area contributed by atoms with Gasteiger partial charge in [0.25, 0.3) is 5.78 Å². The first-order valence-electron chi connectivity index (χ1n) is 14.1. The van der Waals surface area contributed by atoms with Gasteiger partial charge in [0.05, 0.1) is 6.61 Å². The van der Waals surface area contributed by atoms with Crippen molar-refractivity contribution < 1.29 is 24.2 Å². The zero-order valence-electron chi connectivity index (χ0n) is 23.1. The van der Waals surface area contributed by atoms with Crippen LogP contribution in [0.5, 0.6) is 5.75 Å². The maximum atomic E-state index is 13.6. The number of esters is 1. The van der Waals surface area contributed by atoms with Crippen LogP contribution in [0.1, 0.15) is 73.8 Å². The fourth-order valence-electron chi connectivity index (χ4n) is 6.27. The van der Waals surface area contributed by atoms with Crippen LogP contribution >= 0.6 is 0 Å². The van der Waals surface area contributed by atoms with Crippen molar-refractivity contribution in [2.75, 3.05) is 13.2 Å². The number of rotatable bonds is 10. The first-order chi connectivity index (χ1) is 18.8.